The maximum atomic E-state index is 12.8. The fourth-order valence-electron chi connectivity index (χ4n) is 2.92. The van der Waals surface area contributed by atoms with Gasteiger partial charge in [0.05, 0.1) is 36.4 Å². The molecule has 3 rings (SSSR count). The molecular weight excluding hydrogens is 376 g/mol. The van der Waals surface area contributed by atoms with Crippen LogP contribution in [0, 0.1) is 0 Å². The van der Waals surface area contributed by atoms with Crippen molar-refractivity contribution in [1.82, 2.24) is 9.55 Å². The molecule has 0 N–H and O–H groups in total. The Morgan fingerprint density at radius 3 is 2.64 bits per heavy atom. The summed E-state index contributed by atoms with van der Waals surface area (Å²) in [6, 6.07) is 12.4. The van der Waals surface area contributed by atoms with E-state index in [2.05, 4.69) is 4.98 Å². The van der Waals surface area contributed by atoms with Crippen molar-refractivity contribution in [3.8, 4) is 11.5 Å². The van der Waals surface area contributed by atoms with Crippen LogP contribution in [0.3, 0.4) is 0 Å². The van der Waals surface area contributed by atoms with Crippen LogP contribution in [0.4, 0.5) is 0 Å². The number of Topliss-reactive ketones (excluding diaryl/α,β-unsaturated/α-hetero) is 1. The van der Waals surface area contributed by atoms with Crippen molar-refractivity contribution in [2.24, 2.45) is 0 Å². The molecule has 146 valence electrons. The van der Waals surface area contributed by atoms with Gasteiger partial charge in [-0.05, 0) is 36.8 Å². The number of hydrogen-bond donors (Lipinski definition) is 0. The van der Waals surface area contributed by atoms with Crippen LogP contribution in [-0.4, -0.2) is 35.3 Å². The van der Waals surface area contributed by atoms with Crippen LogP contribution in [0.2, 0.25) is 0 Å². The normalized spacial score (nSPS) is 10.8. The van der Waals surface area contributed by atoms with Crippen molar-refractivity contribution < 1.29 is 14.3 Å². The summed E-state index contributed by atoms with van der Waals surface area (Å²) in [5, 5.41) is 1.13. The first-order valence-electron chi connectivity index (χ1n) is 8.96. The molecule has 3 aromatic rings. The zero-order chi connectivity index (χ0) is 20.1. The van der Waals surface area contributed by atoms with E-state index in [9.17, 15) is 9.59 Å². The third-order valence-corrected chi connectivity index (χ3v) is 5.29. The Morgan fingerprint density at radius 1 is 1.14 bits per heavy atom. The SMILES string of the molecule is CCCn1c(SCC(=O)c2cc(OC)ccc2OC)nc2ccccc2c1=O. The number of carbonyl (C=O) groups is 1. The van der Waals surface area contributed by atoms with E-state index in [0.29, 0.717) is 39.7 Å². The molecule has 0 atom stereocenters. The minimum absolute atomic E-state index is 0.0821. The van der Waals surface area contributed by atoms with Gasteiger partial charge in [0, 0.05) is 6.54 Å². The largest absolute Gasteiger partial charge is 0.497 e. The van der Waals surface area contributed by atoms with Crippen molar-refractivity contribution >= 4 is 28.4 Å². The van der Waals surface area contributed by atoms with E-state index in [1.165, 1.54) is 18.9 Å². The second kappa shape index (κ2) is 8.93. The number of hydrogen-bond acceptors (Lipinski definition) is 6. The lowest BCUT2D eigenvalue weighted by atomic mass is 10.1. The van der Waals surface area contributed by atoms with Crippen molar-refractivity contribution in [3.05, 3.63) is 58.4 Å². The first kappa shape index (κ1) is 19.9. The van der Waals surface area contributed by atoms with E-state index in [1.807, 2.05) is 25.1 Å². The predicted molar refractivity (Wildman–Crippen MR) is 111 cm³/mol. The van der Waals surface area contributed by atoms with E-state index in [1.54, 1.807) is 35.9 Å². The highest BCUT2D eigenvalue weighted by molar-refractivity contribution is 7.99. The molecule has 0 unspecified atom stereocenters. The van der Waals surface area contributed by atoms with Gasteiger partial charge in [0.2, 0.25) is 0 Å². The van der Waals surface area contributed by atoms with Gasteiger partial charge in [-0.2, -0.15) is 0 Å². The molecule has 28 heavy (non-hydrogen) atoms. The lowest BCUT2D eigenvalue weighted by Crippen LogP contribution is -2.23. The third-order valence-electron chi connectivity index (χ3n) is 4.31. The summed E-state index contributed by atoms with van der Waals surface area (Å²) in [7, 11) is 3.07. The van der Waals surface area contributed by atoms with Crippen LogP contribution in [0.5, 0.6) is 11.5 Å². The van der Waals surface area contributed by atoms with Gasteiger partial charge in [-0.15, -0.1) is 0 Å². The van der Waals surface area contributed by atoms with E-state index in [-0.39, 0.29) is 17.1 Å². The summed E-state index contributed by atoms with van der Waals surface area (Å²) >= 11 is 1.26. The number of carbonyl (C=O) groups excluding carboxylic acids is 1. The topological polar surface area (TPSA) is 70.4 Å². The molecule has 7 heteroatoms. The van der Waals surface area contributed by atoms with Crippen molar-refractivity contribution in [2.45, 2.75) is 25.0 Å². The average molecular weight is 398 g/mol. The number of thioether (sulfide) groups is 1. The lowest BCUT2D eigenvalue weighted by molar-refractivity contribution is 0.101. The van der Waals surface area contributed by atoms with E-state index < -0.39 is 0 Å². The molecule has 6 nitrogen and oxygen atoms in total. The third kappa shape index (κ3) is 4.04. The fraction of sp³-hybridized carbons (Fsp3) is 0.286. The smallest absolute Gasteiger partial charge is 0.262 e. The number of fused-ring (bicyclic) bond motifs is 1. The monoisotopic (exact) mass is 398 g/mol. The summed E-state index contributed by atoms with van der Waals surface area (Å²) in [5.74, 6) is 1.09. The van der Waals surface area contributed by atoms with Crippen molar-refractivity contribution in [2.75, 3.05) is 20.0 Å². The van der Waals surface area contributed by atoms with E-state index in [4.69, 9.17) is 9.47 Å². The molecule has 0 bridgehead atoms. The number of methoxy groups -OCH3 is 2. The summed E-state index contributed by atoms with van der Waals surface area (Å²) in [4.78, 5) is 30.3. The number of aromatic nitrogens is 2. The van der Waals surface area contributed by atoms with Gasteiger partial charge in [0.25, 0.3) is 5.56 Å². The molecule has 0 saturated heterocycles. The van der Waals surface area contributed by atoms with Crippen molar-refractivity contribution in [3.63, 3.8) is 0 Å². The number of ether oxygens (including phenoxy) is 2. The van der Waals surface area contributed by atoms with Gasteiger partial charge in [0.15, 0.2) is 10.9 Å². The minimum atomic E-state index is -0.119. The maximum Gasteiger partial charge on any atom is 0.262 e. The quantitative estimate of drug-likeness (QED) is 0.327. The van der Waals surface area contributed by atoms with Gasteiger partial charge >= 0.3 is 0 Å². The highest BCUT2D eigenvalue weighted by Crippen LogP contribution is 2.27. The Labute approximate surface area is 167 Å². The van der Waals surface area contributed by atoms with E-state index in [0.717, 1.165) is 6.42 Å². The van der Waals surface area contributed by atoms with Crippen molar-refractivity contribution in [1.29, 1.82) is 0 Å². The van der Waals surface area contributed by atoms with Gasteiger partial charge in [-0.25, -0.2) is 4.98 Å². The molecule has 0 saturated carbocycles. The Morgan fingerprint density at radius 2 is 1.93 bits per heavy atom. The second-order valence-electron chi connectivity index (χ2n) is 6.15. The first-order chi connectivity index (χ1) is 13.6. The Hall–Kier alpha value is -2.80. The Balaban J connectivity index is 1.92. The zero-order valence-electron chi connectivity index (χ0n) is 16.1. The van der Waals surface area contributed by atoms with Crippen LogP contribution in [-0.2, 0) is 6.54 Å². The van der Waals surface area contributed by atoms with Gasteiger partial charge < -0.3 is 9.47 Å². The zero-order valence-corrected chi connectivity index (χ0v) is 16.9. The van der Waals surface area contributed by atoms with Crippen LogP contribution in [0.1, 0.15) is 23.7 Å². The number of rotatable bonds is 8. The lowest BCUT2D eigenvalue weighted by Gasteiger charge is -2.13. The summed E-state index contributed by atoms with van der Waals surface area (Å²) in [6.45, 7) is 2.55. The number of para-hydroxylation sites is 1. The molecule has 0 amide bonds. The predicted octanol–water partition coefficient (Wildman–Crippen LogP) is 3.80. The molecule has 0 aliphatic heterocycles. The van der Waals surface area contributed by atoms with Gasteiger partial charge in [-0.1, -0.05) is 30.8 Å². The highest BCUT2D eigenvalue weighted by atomic mass is 32.2. The van der Waals surface area contributed by atoms with Crippen LogP contribution >= 0.6 is 11.8 Å². The molecule has 0 aliphatic carbocycles. The molecule has 1 aromatic heterocycles. The molecule has 0 radical (unpaired) electrons. The van der Waals surface area contributed by atoms with Gasteiger partial charge in [-0.3, -0.25) is 14.2 Å². The molecule has 0 aliphatic rings. The molecule has 0 spiro atoms. The minimum Gasteiger partial charge on any atom is -0.497 e. The number of ketones is 1. The summed E-state index contributed by atoms with van der Waals surface area (Å²) in [6.07, 6.45) is 0.797. The fourth-order valence-corrected chi connectivity index (χ4v) is 3.83. The molecule has 2 aromatic carbocycles. The Bertz CT molecular complexity index is 1060. The summed E-state index contributed by atoms with van der Waals surface area (Å²) < 4.78 is 12.2. The van der Waals surface area contributed by atoms with E-state index >= 15 is 0 Å². The average Bonchev–Trinajstić information content (AvgIpc) is 2.73. The van der Waals surface area contributed by atoms with Crippen LogP contribution in [0.25, 0.3) is 10.9 Å². The number of benzene rings is 2. The first-order valence-corrected chi connectivity index (χ1v) is 9.95. The highest BCUT2D eigenvalue weighted by Gasteiger charge is 2.17. The summed E-state index contributed by atoms with van der Waals surface area (Å²) in [5.41, 5.74) is 0.995. The molecule has 1 heterocycles. The number of nitrogens with zero attached hydrogens (tertiary/aromatic N) is 2. The Kier molecular flexibility index (Phi) is 6.36. The van der Waals surface area contributed by atoms with Crippen LogP contribution in [0.15, 0.2) is 52.4 Å². The van der Waals surface area contributed by atoms with Gasteiger partial charge in [0.1, 0.15) is 11.5 Å². The molecule has 0 fully saturated rings. The maximum absolute atomic E-state index is 12.8. The van der Waals surface area contributed by atoms with Crippen LogP contribution < -0.4 is 15.0 Å². The second-order valence-corrected chi connectivity index (χ2v) is 7.09. The standard InChI is InChI=1S/C21H22N2O4S/c1-4-11-23-20(25)15-7-5-6-8-17(15)22-21(23)28-13-18(24)16-12-14(26-2)9-10-19(16)27-3/h5-10,12H,4,11,13H2,1-3H3. The molecular formula is C21H22N2O4S.